The summed E-state index contributed by atoms with van der Waals surface area (Å²) in [5.74, 6) is 1.73. The summed E-state index contributed by atoms with van der Waals surface area (Å²) >= 11 is 0. The summed E-state index contributed by atoms with van der Waals surface area (Å²) in [5, 5.41) is 0. The lowest BCUT2D eigenvalue weighted by Gasteiger charge is -2.09. The van der Waals surface area contributed by atoms with Crippen LogP contribution < -0.4 is 14.2 Å². The molecular formula is C28H32O4. The van der Waals surface area contributed by atoms with Crippen LogP contribution in [-0.4, -0.2) is 19.7 Å². The minimum atomic E-state index is -0.382. The van der Waals surface area contributed by atoms with Crippen LogP contribution in [0.1, 0.15) is 55.8 Å². The van der Waals surface area contributed by atoms with Crippen molar-refractivity contribution >= 4 is 5.97 Å². The molecule has 0 bridgehead atoms. The summed E-state index contributed by atoms with van der Waals surface area (Å²) in [6.45, 7) is 2.94. The van der Waals surface area contributed by atoms with Crippen molar-refractivity contribution in [3.8, 4) is 28.4 Å². The van der Waals surface area contributed by atoms with Crippen molar-refractivity contribution in [3.05, 3.63) is 78.4 Å². The molecule has 0 aliphatic heterocycles. The maximum atomic E-state index is 12.5. The molecule has 0 N–H and O–H groups in total. The number of benzene rings is 3. The highest BCUT2D eigenvalue weighted by atomic mass is 16.5. The van der Waals surface area contributed by atoms with Crippen LogP contribution in [0.3, 0.4) is 0 Å². The molecule has 4 heteroatoms. The third-order valence-corrected chi connectivity index (χ3v) is 5.34. The largest absolute Gasteiger partial charge is 0.497 e. The van der Waals surface area contributed by atoms with E-state index >= 15 is 0 Å². The van der Waals surface area contributed by atoms with E-state index < -0.39 is 0 Å². The number of methoxy groups -OCH3 is 1. The molecule has 0 fully saturated rings. The van der Waals surface area contributed by atoms with Gasteiger partial charge in [-0.25, -0.2) is 4.79 Å². The molecule has 32 heavy (non-hydrogen) atoms. The lowest BCUT2D eigenvalue weighted by Crippen LogP contribution is -2.08. The van der Waals surface area contributed by atoms with Gasteiger partial charge < -0.3 is 14.2 Å². The van der Waals surface area contributed by atoms with Gasteiger partial charge in [-0.15, -0.1) is 0 Å². The van der Waals surface area contributed by atoms with Crippen LogP contribution in [0.25, 0.3) is 11.1 Å². The molecule has 0 heterocycles. The molecule has 0 aliphatic rings. The predicted molar refractivity (Wildman–Crippen MR) is 129 cm³/mol. The van der Waals surface area contributed by atoms with Crippen molar-refractivity contribution in [3.63, 3.8) is 0 Å². The van der Waals surface area contributed by atoms with Crippen molar-refractivity contribution in [2.75, 3.05) is 13.7 Å². The SMILES string of the molecule is CCCCCCCCOc1ccc(OC(=O)c2ccc(-c3ccc(OC)cc3)cc2)cc1. The third-order valence-electron chi connectivity index (χ3n) is 5.34. The minimum absolute atomic E-state index is 0.382. The maximum Gasteiger partial charge on any atom is 0.343 e. The van der Waals surface area contributed by atoms with Crippen molar-refractivity contribution in [2.45, 2.75) is 45.4 Å². The molecule has 0 aromatic heterocycles. The van der Waals surface area contributed by atoms with Gasteiger partial charge in [-0.1, -0.05) is 63.3 Å². The normalized spacial score (nSPS) is 10.6. The Morgan fingerprint density at radius 2 is 1.19 bits per heavy atom. The molecule has 0 atom stereocenters. The Bertz CT molecular complexity index is 944. The van der Waals surface area contributed by atoms with Crippen molar-refractivity contribution in [1.82, 2.24) is 0 Å². The first-order valence-corrected chi connectivity index (χ1v) is 11.4. The third kappa shape index (κ3) is 7.16. The van der Waals surface area contributed by atoms with Gasteiger partial charge in [0.05, 0.1) is 19.3 Å². The van der Waals surface area contributed by atoms with Crippen molar-refractivity contribution in [2.24, 2.45) is 0 Å². The Morgan fingerprint density at radius 3 is 1.81 bits per heavy atom. The van der Waals surface area contributed by atoms with E-state index in [1.54, 1.807) is 31.4 Å². The minimum Gasteiger partial charge on any atom is -0.497 e. The molecule has 4 nitrogen and oxygen atoms in total. The first-order chi connectivity index (χ1) is 15.7. The van der Waals surface area contributed by atoms with Gasteiger partial charge in [-0.3, -0.25) is 0 Å². The number of hydrogen-bond donors (Lipinski definition) is 0. The Hall–Kier alpha value is -3.27. The summed E-state index contributed by atoms with van der Waals surface area (Å²) in [7, 11) is 1.65. The molecular weight excluding hydrogens is 400 g/mol. The van der Waals surface area contributed by atoms with E-state index in [4.69, 9.17) is 14.2 Å². The highest BCUT2D eigenvalue weighted by Crippen LogP contribution is 2.24. The molecule has 0 spiro atoms. The van der Waals surface area contributed by atoms with Crippen LogP contribution in [-0.2, 0) is 0 Å². The van der Waals surface area contributed by atoms with Gasteiger partial charge in [0.25, 0.3) is 0 Å². The number of ether oxygens (including phenoxy) is 3. The Kier molecular flexibility index (Phi) is 9.18. The molecule has 0 aliphatic carbocycles. The second kappa shape index (κ2) is 12.6. The smallest absolute Gasteiger partial charge is 0.343 e. The zero-order valence-corrected chi connectivity index (χ0v) is 19.0. The molecule has 0 amide bonds. The van der Waals surface area contributed by atoms with Gasteiger partial charge in [0.15, 0.2) is 0 Å². The number of rotatable bonds is 12. The van der Waals surface area contributed by atoms with Crippen LogP contribution in [0, 0.1) is 0 Å². The first kappa shape index (κ1) is 23.4. The maximum absolute atomic E-state index is 12.5. The van der Waals surface area contributed by atoms with E-state index in [2.05, 4.69) is 6.92 Å². The van der Waals surface area contributed by atoms with Crippen LogP contribution in [0.15, 0.2) is 72.8 Å². The fraction of sp³-hybridized carbons (Fsp3) is 0.321. The molecule has 0 unspecified atom stereocenters. The lowest BCUT2D eigenvalue weighted by atomic mass is 10.0. The Balaban J connectivity index is 1.46. The van der Waals surface area contributed by atoms with Crippen LogP contribution in [0.4, 0.5) is 0 Å². The quantitative estimate of drug-likeness (QED) is 0.171. The first-order valence-electron chi connectivity index (χ1n) is 11.4. The van der Waals surface area contributed by atoms with E-state index in [-0.39, 0.29) is 5.97 Å². The average Bonchev–Trinajstić information content (AvgIpc) is 2.84. The number of hydrogen-bond acceptors (Lipinski definition) is 4. The lowest BCUT2D eigenvalue weighted by molar-refractivity contribution is 0.0734. The second-order valence-electron chi connectivity index (χ2n) is 7.78. The highest BCUT2D eigenvalue weighted by Gasteiger charge is 2.09. The summed E-state index contributed by atoms with van der Waals surface area (Å²) in [6, 6.07) is 22.4. The summed E-state index contributed by atoms with van der Waals surface area (Å²) in [5.41, 5.74) is 2.59. The van der Waals surface area contributed by atoms with E-state index in [0.29, 0.717) is 17.9 Å². The van der Waals surface area contributed by atoms with Gasteiger partial charge in [-0.2, -0.15) is 0 Å². The van der Waals surface area contributed by atoms with Gasteiger partial charge in [0, 0.05) is 0 Å². The number of esters is 1. The standard InChI is InChI=1S/C28H32O4/c1-3-4-5-6-7-8-21-31-26-17-19-27(20-18-26)32-28(29)24-11-9-22(10-12-24)23-13-15-25(30-2)16-14-23/h9-20H,3-8,21H2,1-2H3. The summed E-state index contributed by atoms with van der Waals surface area (Å²) in [6.07, 6.45) is 7.42. The predicted octanol–water partition coefficient (Wildman–Crippen LogP) is 7.32. The average molecular weight is 433 g/mol. The van der Waals surface area contributed by atoms with E-state index in [0.717, 1.165) is 29.0 Å². The molecule has 0 radical (unpaired) electrons. The molecule has 3 aromatic carbocycles. The van der Waals surface area contributed by atoms with Gasteiger partial charge in [-0.05, 0) is 66.1 Å². The van der Waals surface area contributed by atoms with Crippen molar-refractivity contribution in [1.29, 1.82) is 0 Å². The Labute approximate surface area is 191 Å². The van der Waals surface area contributed by atoms with E-state index in [1.807, 2.05) is 48.5 Å². The number of carbonyl (C=O) groups is 1. The second-order valence-corrected chi connectivity index (χ2v) is 7.78. The number of unbranched alkanes of at least 4 members (excludes halogenated alkanes) is 5. The van der Waals surface area contributed by atoms with Crippen LogP contribution in [0.2, 0.25) is 0 Å². The molecule has 0 saturated carbocycles. The zero-order valence-electron chi connectivity index (χ0n) is 19.0. The van der Waals surface area contributed by atoms with Gasteiger partial charge >= 0.3 is 5.97 Å². The fourth-order valence-electron chi connectivity index (χ4n) is 3.42. The molecule has 3 aromatic rings. The van der Waals surface area contributed by atoms with Crippen molar-refractivity contribution < 1.29 is 19.0 Å². The molecule has 0 saturated heterocycles. The molecule has 3 rings (SSSR count). The van der Waals surface area contributed by atoms with E-state index in [1.165, 1.54) is 32.1 Å². The monoisotopic (exact) mass is 432 g/mol. The zero-order chi connectivity index (χ0) is 22.6. The van der Waals surface area contributed by atoms with Gasteiger partial charge in [0.1, 0.15) is 17.2 Å². The van der Waals surface area contributed by atoms with Crippen LogP contribution >= 0.6 is 0 Å². The highest BCUT2D eigenvalue weighted by molar-refractivity contribution is 5.91. The Morgan fingerprint density at radius 1 is 0.656 bits per heavy atom. The number of carbonyl (C=O) groups excluding carboxylic acids is 1. The van der Waals surface area contributed by atoms with E-state index in [9.17, 15) is 4.79 Å². The van der Waals surface area contributed by atoms with Gasteiger partial charge in [0.2, 0.25) is 0 Å². The fourth-order valence-corrected chi connectivity index (χ4v) is 3.42. The summed E-state index contributed by atoms with van der Waals surface area (Å²) < 4.78 is 16.5. The van der Waals surface area contributed by atoms with Crippen LogP contribution in [0.5, 0.6) is 17.2 Å². The molecule has 168 valence electrons. The summed E-state index contributed by atoms with van der Waals surface area (Å²) in [4.78, 5) is 12.5. The topological polar surface area (TPSA) is 44.8 Å².